The molecule has 0 saturated heterocycles. The van der Waals surface area contributed by atoms with Crippen LogP contribution in [0, 0.1) is 0 Å². The molecule has 0 unspecified atom stereocenters. The lowest BCUT2D eigenvalue weighted by Gasteiger charge is -2.19. The van der Waals surface area contributed by atoms with Crippen molar-refractivity contribution < 1.29 is 33.4 Å². The van der Waals surface area contributed by atoms with Crippen LogP contribution in [0.15, 0.2) is 53.6 Å². The summed E-state index contributed by atoms with van der Waals surface area (Å²) >= 11 is 5.34. The first-order chi connectivity index (χ1) is 21.0. The summed E-state index contributed by atoms with van der Waals surface area (Å²) in [5.41, 5.74) is 9.51. The van der Waals surface area contributed by atoms with Gasteiger partial charge in [0, 0.05) is 47.5 Å². The summed E-state index contributed by atoms with van der Waals surface area (Å²) in [6.07, 6.45) is 0.708. The Morgan fingerprint density at radius 3 is 1.44 bits per heavy atom. The Kier molecular flexibility index (Phi) is 16.4. The number of ketones is 2. The number of nitrogens with one attached hydrogen (secondary N) is 2. The second kappa shape index (κ2) is 19.1. The highest BCUT2D eigenvalue weighted by atomic mass is 35.5. The average molecular weight is 644 g/mol. The summed E-state index contributed by atoms with van der Waals surface area (Å²) in [6, 6.07) is 13.1. The third-order valence-electron chi connectivity index (χ3n) is 5.52. The maximum absolute atomic E-state index is 12.0. The number of halogens is 1. The molecule has 0 fully saturated rings. The van der Waals surface area contributed by atoms with Gasteiger partial charge in [0.15, 0.2) is 11.6 Å². The molecular weight excluding hydrogens is 602 g/mol. The highest BCUT2D eigenvalue weighted by Gasteiger charge is 2.17. The highest BCUT2D eigenvalue weighted by molar-refractivity contribution is 6.67. The SMILES string of the molecule is CC(C)(C)OC(=O)NCCCC(=O)c1ccc(C(=O)Cl)cc1.CC(C)(C)OC(=O)NCCCC(=O)c1ccc(CN=[N+]=[N-])cc1. The van der Waals surface area contributed by atoms with Crippen molar-refractivity contribution in [1.82, 2.24) is 10.6 Å². The topological polar surface area (TPSA) is 177 Å². The van der Waals surface area contributed by atoms with E-state index in [9.17, 15) is 24.0 Å². The standard InChI is InChI=1S/C16H20ClNO4.C16H22N4O3/c1-16(2,3)22-15(21)18-10-4-5-13(19)11-6-8-12(9-7-11)14(17)20;1-16(2,3)23-15(22)18-10-4-5-14(21)13-8-6-12(7-9-13)11-19-20-17/h6-9H,4-5,10H2,1-3H3,(H,18,21);6-9H,4-5,10-11H2,1-3H3,(H,18,22). The largest absolute Gasteiger partial charge is 0.444 e. The summed E-state index contributed by atoms with van der Waals surface area (Å²) in [6.45, 7) is 11.7. The molecule has 0 bridgehead atoms. The number of rotatable bonds is 13. The van der Waals surface area contributed by atoms with E-state index in [1.807, 2.05) is 0 Å². The monoisotopic (exact) mass is 643 g/mol. The van der Waals surface area contributed by atoms with Gasteiger partial charge in [-0.1, -0.05) is 41.5 Å². The van der Waals surface area contributed by atoms with Gasteiger partial charge in [-0.3, -0.25) is 14.4 Å². The van der Waals surface area contributed by atoms with Gasteiger partial charge in [0.2, 0.25) is 0 Å². The van der Waals surface area contributed by atoms with Crippen LogP contribution in [-0.2, 0) is 16.0 Å². The van der Waals surface area contributed by atoms with Crippen LogP contribution in [0.1, 0.15) is 104 Å². The van der Waals surface area contributed by atoms with E-state index in [4.69, 9.17) is 26.6 Å². The molecule has 0 aliphatic rings. The number of Topliss-reactive ketones (excluding diaryl/α,β-unsaturated/α-hetero) is 2. The van der Waals surface area contributed by atoms with Crippen molar-refractivity contribution in [1.29, 1.82) is 0 Å². The van der Waals surface area contributed by atoms with Crippen molar-refractivity contribution in [3.63, 3.8) is 0 Å². The maximum Gasteiger partial charge on any atom is 0.407 e. The highest BCUT2D eigenvalue weighted by Crippen LogP contribution is 2.12. The van der Waals surface area contributed by atoms with Gasteiger partial charge >= 0.3 is 12.2 Å². The summed E-state index contributed by atoms with van der Waals surface area (Å²) in [4.78, 5) is 60.4. The van der Waals surface area contributed by atoms with Crippen LogP contribution in [0.25, 0.3) is 10.4 Å². The van der Waals surface area contributed by atoms with E-state index in [1.165, 1.54) is 12.1 Å². The Balaban J connectivity index is 0.000000450. The molecule has 2 aromatic rings. The lowest BCUT2D eigenvalue weighted by Crippen LogP contribution is -2.33. The van der Waals surface area contributed by atoms with Crippen molar-refractivity contribution in [3.05, 3.63) is 81.2 Å². The van der Waals surface area contributed by atoms with Crippen molar-refractivity contribution in [2.75, 3.05) is 13.1 Å². The van der Waals surface area contributed by atoms with E-state index in [0.29, 0.717) is 55.5 Å². The van der Waals surface area contributed by atoms with Gasteiger partial charge in [-0.2, -0.15) is 0 Å². The molecule has 0 aromatic heterocycles. The van der Waals surface area contributed by atoms with Crippen molar-refractivity contribution in [2.24, 2.45) is 5.11 Å². The number of ether oxygens (including phenoxy) is 2. The molecule has 0 spiro atoms. The fourth-order valence-corrected chi connectivity index (χ4v) is 3.62. The van der Waals surface area contributed by atoms with Crippen molar-refractivity contribution >= 4 is 40.6 Å². The lowest BCUT2D eigenvalue weighted by molar-refractivity contribution is 0.0515. The predicted octanol–water partition coefficient (Wildman–Crippen LogP) is 7.54. The minimum atomic E-state index is -0.555. The Morgan fingerprint density at radius 1 is 0.711 bits per heavy atom. The van der Waals surface area contributed by atoms with Gasteiger partial charge in [-0.15, -0.1) is 0 Å². The summed E-state index contributed by atoms with van der Waals surface area (Å²) in [5.74, 6) is -0.0501. The molecule has 45 heavy (non-hydrogen) atoms. The zero-order valence-electron chi connectivity index (χ0n) is 26.6. The Bertz CT molecular complexity index is 1340. The van der Waals surface area contributed by atoms with Gasteiger partial charge in [0.05, 0.1) is 6.54 Å². The first kappa shape index (κ1) is 38.6. The first-order valence-corrected chi connectivity index (χ1v) is 14.8. The number of hydrogen-bond donors (Lipinski definition) is 2. The molecule has 2 aromatic carbocycles. The zero-order valence-corrected chi connectivity index (χ0v) is 27.4. The van der Waals surface area contributed by atoms with E-state index >= 15 is 0 Å². The molecule has 0 radical (unpaired) electrons. The van der Waals surface area contributed by atoms with E-state index in [2.05, 4.69) is 20.7 Å². The number of alkyl carbamates (subject to hydrolysis) is 2. The fraction of sp³-hybridized carbons (Fsp3) is 0.469. The molecule has 12 nitrogen and oxygen atoms in total. The quantitative estimate of drug-likeness (QED) is 0.0565. The van der Waals surface area contributed by atoms with Gasteiger partial charge in [0.1, 0.15) is 11.2 Å². The molecule has 0 heterocycles. The molecule has 2 rings (SSSR count). The van der Waals surface area contributed by atoms with Gasteiger partial charge < -0.3 is 20.1 Å². The van der Waals surface area contributed by atoms with Crippen LogP contribution < -0.4 is 10.6 Å². The van der Waals surface area contributed by atoms with Crippen LogP contribution in [-0.4, -0.2) is 53.3 Å². The Morgan fingerprint density at radius 2 is 1.09 bits per heavy atom. The smallest absolute Gasteiger partial charge is 0.407 e. The first-order valence-electron chi connectivity index (χ1n) is 14.4. The van der Waals surface area contributed by atoms with Crippen LogP contribution in [0.4, 0.5) is 9.59 Å². The number of hydrogen-bond acceptors (Lipinski definition) is 8. The molecular formula is C32H42ClN5O7. The molecule has 2 N–H and O–H groups in total. The predicted molar refractivity (Wildman–Crippen MR) is 172 cm³/mol. The second-order valence-electron chi connectivity index (χ2n) is 11.8. The number of amides is 2. The van der Waals surface area contributed by atoms with Crippen LogP contribution in [0.2, 0.25) is 0 Å². The Labute approximate surface area is 268 Å². The molecule has 244 valence electrons. The van der Waals surface area contributed by atoms with Crippen molar-refractivity contribution in [3.8, 4) is 0 Å². The number of carbonyl (C=O) groups is 5. The fourth-order valence-electron chi connectivity index (χ4n) is 3.49. The minimum absolute atomic E-state index is 0.00585. The molecule has 0 saturated carbocycles. The summed E-state index contributed by atoms with van der Waals surface area (Å²) < 4.78 is 10.2. The summed E-state index contributed by atoms with van der Waals surface area (Å²) in [7, 11) is 0. The van der Waals surface area contributed by atoms with E-state index in [1.54, 1.807) is 77.9 Å². The van der Waals surface area contributed by atoms with Crippen LogP contribution >= 0.6 is 11.6 Å². The van der Waals surface area contributed by atoms with Crippen molar-refractivity contribution in [2.45, 2.75) is 85.0 Å². The number of azide groups is 1. The van der Waals surface area contributed by atoms with E-state index in [0.717, 1.165) is 5.56 Å². The van der Waals surface area contributed by atoms with Gasteiger partial charge in [0.25, 0.3) is 5.24 Å². The minimum Gasteiger partial charge on any atom is -0.444 e. The third-order valence-corrected chi connectivity index (χ3v) is 5.74. The molecule has 0 aliphatic heterocycles. The lowest BCUT2D eigenvalue weighted by atomic mass is 10.0. The summed E-state index contributed by atoms with van der Waals surface area (Å²) in [5, 5.41) is 8.12. The van der Waals surface area contributed by atoms with Crippen LogP contribution in [0.3, 0.4) is 0 Å². The Hall–Kier alpha value is -4.41. The molecule has 0 aliphatic carbocycles. The van der Waals surface area contributed by atoms with E-state index in [-0.39, 0.29) is 18.1 Å². The zero-order chi connectivity index (χ0) is 34.0. The normalized spacial score (nSPS) is 10.7. The molecule has 13 heteroatoms. The number of nitrogens with zero attached hydrogens (tertiary/aromatic N) is 3. The number of benzene rings is 2. The van der Waals surface area contributed by atoms with Gasteiger partial charge in [-0.25, -0.2) is 9.59 Å². The van der Waals surface area contributed by atoms with Crippen LogP contribution in [0.5, 0.6) is 0 Å². The number of carbonyl (C=O) groups excluding carboxylic acids is 5. The molecule has 2 amide bonds. The second-order valence-corrected chi connectivity index (χ2v) is 12.2. The van der Waals surface area contributed by atoms with E-state index < -0.39 is 28.6 Å². The average Bonchev–Trinajstić information content (AvgIpc) is 2.95. The molecule has 0 atom stereocenters. The van der Waals surface area contributed by atoms with Gasteiger partial charge in [-0.05, 0) is 89.2 Å². The maximum atomic E-state index is 12.0. The third kappa shape index (κ3) is 18.1.